The molecule has 3 N–H and O–H groups in total. The molecular weight excluding hydrogens is 468 g/mol. The first-order chi connectivity index (χ1) is 17.6. The molecule has 1 saturated heterocycles. The number of carbonyl (C=O) groups excluding carboxylic acids is 1. The van der Waals surface area contributed by atoms with Crippen molar-refractivity contribution in [1.29, 1.82) is 0 Å². The molecule has 4 rings (SSSR count). The summed E-state index contributed by atoms with van der Waals surface area (Å²) in [5.41, 5.74) is 3.77. The van der Waals surface area contributed by atoms with Crippen LogP contribution in [-0.4, -0.2) is 58.9 Å². The van der Waals surface area contributed by atoms with Gasteiger partial charge in [0.1, 0.15) is 18.3 Å². The lowest BCUT2D eigenvalue weighted by molar-refractivity contribution is -0.140. The molecule has 9 atom stereocenters. The summed E-state index contributed by atoms with van der Waals surface area (Å²) in [4.78, 5) is 12.0. The van der Waals surface area contributed by atoms with Gasteiger partial charge in [-0.2, -0.15) is 0 Å². The van der Waals surface area contributed by atoms with Crippen molar-refractivity contribution < 1.29 is 29.6 Å². The minimum Gasteiger partial charge on any atom is -0.458 e. The number of hydrogen-bond donors (Lipinski definition) is 3. The second kappa shape index (κ2) is 11.6. The van der Waals surface area contributed by atoms with Crippen molar-refractivity contribution in [2.45, 2.75) is 96.6 Å². The number of fused-ring (bicyclic) bond motifs is 1. The van der Waals surface area contributed by atoms with Gasteiger partial charge in [0.2, 0.25) is 0 Å². The van der Waals surface area contributed by atoms with Crippen molar-refractivity contribution in [3.05, 3.63) is 47.6 Å². The average Bonchev–Trinajstić information content (AvgIpc) is 3.34. The Morgan fingerprint density at radius 2 is 1.97 bits per heavy atom. The molecule has 0 aromatic heterocycles. The predicted octanol–water partition coefficient (Wildman–Crippen LogP) is 4.65. The molecule has 1 aliphatic heterocycles. The van der Waals surface area contributed by atoms with Crippen LogP contribution in [0.1, 0.15) is 72.1 Å². The van der Waals surface area contributed by atoms with Crippen molar-refractivity contribution in [2.75, 3.05) is 13.2 Å². The fraction of sp³-hybridized carbons (Fsp3) is 0.710. The summed E-state index contributed by atoms with van der Waals surface area (Å²) in [5.74, 6) is 1.41. The minimum atomic E-state index is -0.955. The number of allylic oxidation sites excluding steroid dienone is 3. The second-order valence-corrected chi connectivity index (χ2v) is 12.2. The van der Waals surface area contributed by atoms with Gasteiger partial charge < -0.3 is 24.8 Å². The van der Waals surface area contributed by atoms with Crippen LogP contribution < -0.4 is 0 Å². The maximum Gasteiger partial charge on any atom is 0.334 e. The topological polar surface area (TPSA) is 96.2 Å². The number of ether oxygens (including phenoxy) is 2. The summed E-state index contributed by atoms with van der Waals surface area (Å²) < 4.78 is 11.3. The third-order valence-corrected chi connectivity index (χ3v) is 9.96. The van der Waals surface area contributed by atoms with Crippen molar-refractivity contribution in [3.8, 4) is 0 Å². The van der Waals surface area contributed by atoms with Crippen LogP contribution in [0.5, 0.6) is 0 Å². The van der Waals surface area contributed by atoms with Crippen molar-refractivity contribution >= 4 is 5.97 Å². The van der Waals surface area contributed by atoms with Crippen molar-refractivity contribution in [1.82, 2.24) is 0 Å². The maximum absolute atomic E-state index is 12.0. The molecule has 4 aliphatic rings. The van der Waals surface area contributed by atoms with Crippen LogP contribution in [0.3, 0.4) is 0 Å². The molecule has 0 unspecified atom stereocenters. The van der Waals surface area contributed by atoms with Gasteiger partial charge in [-0.25, -0.2) is 4.79 Å². The Bertz CT molecular complexity index is 949. The van der Waals surface area contributed by atoms with Crippen LogP contribution in [-0.2, 0) is 14.3 Å². The first-order valence-electron chi connectivity index (χ1n) is 14.2. The Labute approximate surface area is 222 Å². The summed E-state index contributed by atoms with van der Waals surface area (Å²) >= 11 is 0. The van der Waals surface area contributed by atoms with Gasteiger partial charge in [-0.15, -0.1) is 0 Å². The molecule has 0 amide bonds. The lowest BCUT2D eigenvalue weighted by Gasteiger charge is -2.44. The highest BCUT2D eigenvalue weighted by atomic mass is 16.6. The molecule has 0 aromatic rings. The number of hydrogen-bond acceptors (Lipinski definition) is 6. The highest BCUT2D eigenvalue weighted by Gasteiger charge is 2.51. The quantitative estimate of drug-likeness (QED) is 0.248. The van der Waals surface area contributed by atoms with E-state index >= 15 is 0 Å². The van der Waals surface area contributed by atoms with Crippen molar-refractivity contribution in [2.24, 2.45) is 29.1 Å². The monoisotopic (exact) mass is 514 g/mol. The van der Waals surface area contributed by atoms with E-state index in [2.05, 4.69) is 46.1 Å². The summed E-state index contributed by atoms with van der Waals surface area (Å²) in [6.45, 7) is 15.2. The van der Waals surface area contributed by atoms with E-state index in [0.717, 1.165) is 24.8 Å². The number of rotatable bonds is 8. The molecule has 0 aromatic carbocycles. The lowest BCUT2D eigenvalue weighted by Crippen LogP contribution is -2.45. The zero-order valence-electron chi connectivity index (χ0n) is 22.8. The molecule has 0 bridgehead atoms. The van der Waals surface area contributed by atoms with Gasteiger partial charge >= 0.3 is 5.97 Å². The Morgan fingerprint density at radius 3 is 2.65 bits per heavy atom. The summed E-state index contributed by atoms with van der Waals surface area (Å²) in [6, 6.07) is 0. The van der Waals surface area contributed by atoms with Gasteiger partial charge in [0.25, 0.3) is 0 Å². The Kier molecular flexibility index (Phi) is 8.84. The highest BCUT2D eigenvalue weighted by Crippen LogP contribution is 2.60. The zero-order valence-corrected chi connectivity index (χ0v) is 22.8. The Morgan fingerprint density at radius 1 is 1.22 bits per heavy atom. The first kappa shape index (κ1) is 28.3. The van der Waals surface area contributed by atoms with E-state index < -0.39 is 18.3 Å². The first-order valence-corrected chi connectivity index (χ1v) is 14.2. The van der Waals surface area contributed by atoms with Gasteiger partial charge in [-0.1, -0.05) is 51.7 Å². The van der Waals surface area contributed by atoms with E-state index in [1.54, 1.807) is 0 Å². The molecule has 6 nitrogen and oxygen atoms in total. The smallest absolute Gasteiger partial charge is 0.334 e. The van der Waals surface area contributed by atoms with Gasteiger partial charge in [-0.05, 0) is 79.3 Å². The zero-order chi connectivity index (χ0) is 26.9. The van der Waals surface area contributed by atoms with Crippen LogP contribution in [0.25, 0.3) is 0 Å². The standard InChI is InChI=1S/C31H46O6/c1-18(16-27-19(2)20(3)30(35)37-27)24-11-12-25-22(8-6-13-31(24,25)5)9-10-23-17-26(33)29(28(34)21(23)4)36-15-7-14-32/h9-10,18-19,24-29,32-34H,3-4,6-8,11-17H2,1-2,5H3/t18-,19+,24-,25+,26-,27-,28-,29+,31-/m1/s1. The summed E-state index contributed by atoms with van der Waals surface area (Å²) in [6.07, 6.45) is 9.30. The summed E-state index contributed by atoms with van der Waals surface area (Å²) in [5, 5.41) is 30.3. The van der Waals surface area contributed by atoms with Gasteiger partial charge in [0.05, 0.1) is 6.10 Å². The normalized spacial score (nSPS) is 41.4. The number of cyclic esters (lactones) is 1. The minimum absolute atomic E-state index is 0.0151. The molecule has 0 radical (unpaired) electrons. The maximum atomic E-state index is 12.0. The highest BCUT2D eigenvalue weighted by molar-refractivity contribution is 5.90. The molecular formula is C31H46O6. The van der Waals surface area contributed by atoms with Crippen LogP contribution in [0.15, 0.2) is 47.6 Å². The van der Waals surface area contributed by atoms with E-state index in [1.807, 2.05) is 0 Å². The molecule has 37 heavy (non-hydrogen) atoms. The molecule has 3 aliphatic carbocycles. The summed E-state index contributed by atoms with van der Waals surface area (Å²) in [7, 11) is 0. The van der Waals surface area contributed by atoms with E-state index in [4.69, 9.17) is 14.6 Å². The number of carbonyl (C=O) groups is 1. The largest absolute Gasteiger partial charge is 0.458 e. The molecule has 4 fully saturated rings. The number of aliphatic hydroxyl groups is 3. The van der Waals surface area contributed by atoms with Crippen molar-refractivity contribution in [3.63, 3.8) is 0 Å². The number of aliphatic hydroxyl groups excluding tert-OH is 3. The Balaban J connectivity index is 1.44. The lowest BCUT2D eigenvalue weighted by atomic mass is 9.60. The molecule has 3 saturated carbocycles. The van der Waals surface area contributed by atoms with Crippen LogP contribution in [0, 0.1) is 29.1 Å². The van der Waals surface area contributed by atoms with Crippen LogP contribution >= 0.6 is 0 Å². The SMILES string of the molecule is C=C1C(=CC=C2CCC[C@]3(C)[C@@H]([C@H](C)C[C@H]4OC(=O)C(=C)[C@@H]4C)CC[C@@H]23)C[C@@H](O)[C@H](OCCCO)[C@@H]1O. The van der Waals surface area contributed by atoms with Gasteiger partial charge in [0.15, 0.2) is 0 Å². The van der Waals surface area contributed by atoms with E-state index in [0.29, 0.717) is 48.3 Å². The molecule has 6 heteroatoms. The van der Waals surface area contributed by atoms with Gasteiger partial charge in [0, 0.05) is 31.1 Å². The fourth-order valence-electron chi connectivity index (χ4n) is 7.66. The molecule has 1 heterocycles. The van der Waals surface area contributed by atoms with E-state index in [-0.39, 0.29) is 30.0 Å². The predicted molar refractivity (Wildman–Crippen MR) is 144 cm³/mol. The third kappa shape index (κ3) is 5.54. The van der Waals surface area contributed by atoms with Gasteiger partial charge in [-0.3, -0.25) is 0 Å². The number of esters is 1. The molecule has 206 valence electrons. The van der Waals surface area contributed by atoms with Crippen LogP contribution in [0.2, 0.25) is 0 Å². The van der Waals surface area contributed by atoms with E-state index in [1.165, 1.54) is 24.8 Å². The average molecular weight is 515 g/mol. The molecule has 0 spiro atoms. The fourth-order valence-corrected chi connectivity index (χ4v) is 7.66. The second-order valence-electron chi connectivity index (χ2n) is 12.2. The Hall–Kier alpha value is -1.73. The third-order valence-electron chi connectivity index (χ3n) is 9.96. The van der Waals surface area contributed by atoms with Crippen LogP contribution in [0.4, 0.5) is 0 Å². The van der Waals surface area contributed by atoms with E-state index in [9.17, 15) is 15.0 Å².